The van der Waals surface area contributed by atoms with Crippen LogP contribution in [0.15, 0.2) is 18.2 Å². The van der Waals surface area contributed by atoms with Crippen molar-refractivity contribution in [3.63, 3.8) is 0 Å². The Balaban J connectivity index is 2.22. The van der Waals surface area contributed by atoms with Crippen molar-refractivity contribution in [3.8, 4) is 11.8 Å². The van der Waals surface area contributed by atoms with Gasteiger partial charge in [0.1, 0.15) is 5.82 Å². The van der Waals surface area contributed by atoms with Gasteiger partial charge >= 0.3 is 0 Å². The Bertz CT molecular complexity index is 584. The number of carbonyl (C=O) groups excluding carboxylic acids is 1. The monoisotopic (exact) mass is 290 g/mol. The molecule has 1 saturated heterocycles. The van der Waals surface area contributed by atoms with E-state index in [9.17, 15) is 9.18 Å². The maximum Gasteiger partial charge on any atom is 0.253 e. The highest BCUT2D eigenvalue weighted by Crippen LogP contribution is 2.20. The summed E-state index contributed by atoms with van der Waals surface area (Å²) in [6.07, 6.45) is 1.75. The van der Waals surface area contributed by atoms with Crippen LogP contribution in [0.25, 0.3) is 0 Å². The highest BCUT2D eigenvalue weighted by atomic mass is 19.1. The molecule has 1 fully saturated rings. The van der Waals surface area contributed by atoms with Crippen LogP contribution < -0.4 is 11.1 Å². The predicted molar refractivity (Wildman–Crippen MR) is 78.3 cm³/mol. The van der Waals surface area contributed by atoms with Crippen LogP contribution in [0.2, 0.25) is 0 Å². The number of carbonyl (C=O) groups is 1. The van der Waals surface area contributed by atoms with Crippen LogP contribution in [0.4, 0.5) is 4.39 Å². The van der Waals surface area contributed by atoms with Gasteiger partial charge in [0.05, 0.1) is 24.3 Å². The maximum atomic E-state index is 13.3. The lowest BCUT2D eigenvalue weighted by Crippen LogP contribution is -2.51. The van der Waals surface area contributed by atoms with Crippen LogP contribution >= 0.6 is 0 Å². The lowest BCUT2D eigenvalue weighted by Gasteiger charge is -2.34. The molecule has 0 aliphatic carbocycles. The summed E-state index contributed by atoms with van der Waals surface area (Å²) in [6, 6.07) is 3.94. The van der Waals surface area contributed by atoms with Crippen molar-refractivity contribution in [2.45, 2.75) is 25.3 Å². The molecule has 0 aromatic heterocycles. The molecule has 1 aliphatic heterocycles. The van der Waals surface area contributed by atoms with Gasteiger partial charge in [-0.05, 0) is 38.0 Å². The number of benzene rings is 1. The molecule has 21 heavy (non-hydrogen) atoms. The molecule has 0 saturated carbocycles. The average molecular weight is 290 g/mol. The molecule has 5 heteroatoms. The molecule has 0 spiro atoms. The first-order valence-electron chi connectivity index (χ1n) is 6.93. The Morgan fingerprint density at radius 2 is 2.38 bits per heavy atom. The predicted octanol–water partition coefficient (Wildman–Crippen LogP) is 1.43. The summed E-state index contributed by atoms with van der Waals surface area (Å²) in [5, 5.41) is 2.96. The Hall–Kier alpha value is -1.90. The van der Waals surface area contributed by atoms with Gasteiger partial charge in [0.25, 0.3) is 5.91 Å². The Morgan fingerprint density at radius 1 is 1.57 bits per heavy atom. The molecule has 1 aliphatic rings. The van der Waals surface area contributed by atoms with E-state index in [1.165, 1.54) is 18.2 Å². The number of rotatable bonds is 2. The van der Waals surface area contributed by atoms with E-state index in [-0.39, 0.29) is 12.5 Å². The summed E-state index contributed by atoms with van der Waals surface area (Å²) in [5.41, 5.74) is 5.62. The fourth-order valence-electron chi connectivity index (χ4n) is 2.34. The number of nitrogens with two attached hydrogens (primary N) is 1. The van der Waals surface area contributed by atoms with E-state index >= 15 is 0 Å². The third kappa shape index (κ3) is 4.03. The molecule has 4 nitrogen and oxygen atoms in total. The Kier molecular flexibility index (Phi) is 4.94. The van der Waals surface area contributed by atoms with Crippen LogP contribution in [0.1, 0.15) is 35.7 Å². The topological polar surface area (TPSA) is 64.4 Å². The van der Waals surface area contributed by atoms with Crippen LogP contribution in [-0.2, 0) is 4.74 Å². The zero-order valence-corrected chi connectivity index (χ0v) is 12.0. The second-order valence-electron chi connectivity index (χ2n) is 5.37. The van der Waals surface area contributed by atoms with Gasteiger partial charge in [-0.3, -0.25) is 4.79 Å². The molecule has 1 atom stereocenters. The van der Waals surface area contributed by atoms with Crippen LogP contribution in [-0.4, -0.2) is 31.2 Å². The average Bonchev–Trinajstić information content (AvgIpc) is 2.45. The van der Waals surface area contributed by atoms with E-state index in [1.807, 2.05) is 6.92 Å². The first kappa shape index (κ1) is 15.5. The van der Waals surface area contributed by atoms with E-state index < -0.39 is 11.4 Å². The van der Waals surface area contributed by atoms with Gasteiger partial charge in [0.2, 0.25) is 0 Å². The van der Waals surface area contributed by atoms with Crippen LogP contribution in [0, 0.1) is 17.7 Å². The van der Waals surface area contributed by atoms with E-state index in [4.69, 9.17) is 10.5 Å². The van der Waals surface area contributed by atoms with Gasteiger partial charge in [0, 0.05) is 12.2 Å². The molecule has 1 unspecified atom stereocenters. The molecule has 0 radical (unpaired) electrons. The van der Waals surface area contributed by atoms with Crippen LogP contribution in [0.3, 0.4) is 0 Å². The second-order valence-corrected chi connectivity index (χ2v) is 5.37. The lowest BCUT2D eigenvalue weighted by atomic mass is 9.94. The maximum absolute atomic E-state index is 13.3. The van der Waals surface area contributed by atoms with Crippen molar-refractivity contribution in [2.24, 2.45) is 5.73 Å². The molecule has 3 N–H and O–H groups in total. The third-order valence-electron chi connectivity index (χ3n) is 3.40. The van der Waals surface area contributed by atoms with E-state index in [0.717, 1.165) is 19.4 Å². The highest BCUT2D eigenvalue weighted by molar-refractivity contribution is 5.97. The zero-order valence-electron chi connectivity index (χ0n) is 12.0. The fourth-order valence-corrected chi connectivity index (χ4v) is 2.34. The molecule has 1 amide bonds. The molecule has 2 rings (SSSR count). The SMILES string of the molecule is CC1(NC(=O)c2ccc(F)cc2C#CCN)CCCOC1. The smallest absolute Gasteiger partial charge is 0.253 e. The summed E-state index contributed by atoms with van der Waals surface area (Å²) in [4.78, 5) is 12.4. The van der Waals surface area contributed by atoms with Gasteiger partial charge in [-0.25, -0.2) is 4.39 Å². The summed E-state index contributed by atoms with van der Waals surface area (Å²) in [6.45, 7) is 3.29. The first-order valence-corrected chi connectivity index (χ1v) is 6.93. The number of nitrogens with one attached hydrogen (secondary N) is 1. The third-order valence-corrected chi connectivity index (χ3v) is 3.40. The van der Waals surface area contributed by atoms with Crippen molar-refractivity contribution in [2.75, 3.05) is 19.8 Å². The first-order chi connectivity index (χ1) is 10.0. The van der Waals surface area contributed by atoms with Gasteiger partial charge in [-0.2, -0.15) is 0 Å². The number of hydrogen-bond donors (Lipinski definition) is 2. The summed E-state index contributed by atoms with van der Waals surface area (Å²) < 4.78 is 18.7. The molecule has 1 aromatic rings. The zero-order chi connectivity index (χ0) is 15.3. The molecule has 112 valence electrons. The van der Waals surface area contributed by atoms with Gasteiger partial charge in [-0.1, -0.05) is 11.8 Å². The number of ether oxygens (including phenoxy) is 1. The van der Waals surface area contributed by atoms with Gasteiger partial charge < -0.3 is 15.8 Å². The van der Waals surface area contributed by atoms with Crippen molar-refractivity contribution >= 4 is 5.91 Å². The summed E-state index contributed by atoms with van der Waals surface area (Å²) in [5.74, 6) is 4.68. The molecule has 1 heterocycles. The minimum absolute atomic E-state index is 0.156. The minimum Gasteiger partial charge on any atom is -0.379 e. The van der Waals surface area contributed by atoms with E-state index in [0.29, 0.717) is 17.7 Å². The number of halogens is 1. The van der Waals surface area contributed by atoms with Gasteiger partial charge in [0.15, 0.2) is 0 Å². The largest absolute Gasteiger partial charge is 0.379 e. The summed E-state index contributed by atoms with van der Waals surface area (Å²) >= 11 is 0. The van der Waals surface area contributed by atoms with Crippen molar-refractivity contribution < 1.29 is 13.9 Å². The van der Waals surface area contributed by atoms with E-state index in [2.05, 4.69) is 17.2 Å². The molecular formula is C16H19FN2O2. The fraction of sp³-hybridized carbons (Fsp3) is 0.438. The van der Waals surface area contributed by atoms with Crippen molar-refractivity contribution in [3.05, 3.63) is 35.1 Å². The number of hydrogen-bond acceptors (Lipinski definition) is 3. The van der Waals surface area contributed by atoms with Gasteiger partial charge in [-0.15, -0.1) is 0 Å². The van der Waals surface area contributed by atoms with Crippen molar-refractivity contribution in [1.29, 1.82) is 0 Å². The number of amides is 1. The quantitative estimate of drug-likeness (QED) is 0.810. The molecular weight excluding hydrogens is 271 g/mol. The second kappa shape index (κ2) is 6.70. The lowest BCUT2D eigenvalue weighted by molar-refractivity contribution is 0.0272. The molecule has 0 bridgehead atoms. The standard InChI is InChI=1S/C16H19FN2O2/c1-16(7-3-9-21-11-16)19-15(20)14-6-5-13(17)10-12(14)4-2-8-18/h5-6,10H,3,7-9,11,18H2,1H3,(H,19,20). The minimum atomic E-state index is -0.430. The normalized spacial score (nSPS) is 21.3. The van der Waals surface area contributed by atoms with Crippen LogP contribution in [0.5, 0.6) is 0 Å². The van der Waals surface area contributed by atoms with E-state index in [1.54, 1.807) is 0 Å². The Morgan fingerprint density at radius 3 is 3.05 bits per heavy atom. The Labute approximate surface area is 123 Å². The summed E-state index contributed by atoms with van der Waals surface area (Å²) in [7, 11) is 0. The molecule has 1 aromatic carbocycles. The highest BCUT2D eigenvalue weighted by Gasteiger charge is 2.30. The van der Waals surface area contributed by atoms with Crippen molar-refractivity contribution in [1.82, 2.24) is 5.32 Å².